The van der Waals surface area contributed by atoms with Gasteiger partial charge in [0.1, 0.15) is 16.6 Å². The monoisotopic (exact) mass is 708 g/mol. The molecule has 42 heavy (non-hydrogen) atoms. The Labute approximate surface area is 269 Å². The molecular formula is C31H41IN4O5S. The number of halogens is 1. The number of carbonyl (C=O) groups is 2. The molecule has 9 nitrogen and oxygen atoms in total. The summed E-state index contributed by atoms with van der Waals surface area (Å²) in [6.45, 7) is 14.3. The number of amides is 1. The van der Waals surface area contributed by atoms with Gasteiger partial charge in [-0.2, -0.15) is 0 Å². The van der Waals surface area contributed by atoms with Crippen molar-refractivity contribution < 1.29 is 47.8 Å². The molecule has 0 saturated carbocycles. The van der Waals surface area contributed by atoms with Crippen molar-refractivity contribution in [1.82, 2.24) is 9.88 Å². The molecule has 1 unspecified atom stereocenters. The number of esters is 1. The van der Waals surface area contributed by atoms with Crippen LogP contribution in [0.3, 0.4) is 0 Å². The Morgan fingerprint density at radius 3 is 2.02 bits per heavy atom. The molecule has 2 aliphatic rings. The summed E-state index contributed by atoms with van der Waals surface area (Å²) in [5, 5.41) is 0. The van der Waals surface area contributed by atoms with Crippen molar-refractivity contribution in [3.63, 3.8) is 0 Å². The van der Waals surface area contributed by atoms with Crippen LogP contribution in [0, 0.1) is 0 Å². The lowest BCUT2D eigenvalue weighted by atomic mass is 10.1. The van der Waals surface area contributed by atoms with Crippen LogP contribution >= 0.6 is 11.3 Å². The number of piperazine rings is 1. The first-order valence-corrected chi connectivity index (χ1v) is 15.3. The van der Waals surface area contributed by atoms with E-state index in [-0.39, 0.29) is 24.0 Å². The van der Waals surface area contributed by atoms with Gasteiger partial charge >= 0.3 is 12.1 Å². The minimum Gasteiger partial charge on any atom is -1.00 e. The van der Waals surface area contributed by atoms with E-state index in [0.717, 1.165) is 60.6 Å². The number of anilines is 2. The smallest absolute Gasteiger partial charge is 0.411 e. The van der Waals surface area contributed by atoms with Gasteiger partial charge in [-0.1, -0.05) is 13.8 Å². The number of methoxy groups -OCH3 is 1. The Morgan fingerprint density at radius 2 is 1.50 bits per heavy atom. The summed E-state index contributed by atoms with van der Waals surface area (Å²) in [7, 11) is 1.36. The molecule has 1 amide bonds. The number of carbonyl (C=O) groups excluding carboxylic acids is 2. The van der Waals surface area contributed by atoms with Gasteiger partial charge in [0.2, 0.25) is 11.3 Å². The first-order valence-electron chi connectivity index (χ1n) is 14.5. The number of aromatic nitrogens is 1. The van der Waals surface area contributed by atoms with Crippen molar-refractivity contribution in [2.24, 2.45) is 0 Å². The number of nitrogens with zero attached hydrogens (tertiary/aromatic N) is 4. The van der Waals surface area contributed by atoms with E-state index in [9.17, 15) is 9.59 Å². The van der Waals surface area contributed by atoms with Crippen LogP contribution in [0.4, 0.5) is 16.2 Å². The van der Waals surface area contributed by atoms with Crippen LogP contribution in [0.5, 0.6) is 0 Å². The van der Waals surface area contributed by atoms with E-state index in [2.05, 4.69) is 47.9 Å². The van der Waals surface area contributed by atoms with E-state index in [1.54, 1.807) is 11.3 Å². The number of fused-ring (bicyclic) bond motifs is 2. The molecule has 11 heteroatoms. The van der Waals surface area contributed by atoms with Gasteiger partial charge in [-0.25, -0.2) is 14.6 Å². The zero-order chi connectivity index (χ0) is 29.3. The molecule has 2 aromatic carbocycles. The molecular weight excluding hydrogens is 667 g/mol. The van der Waals surface area contributed by atoms with E-state index >= 15 is 0 Å². The number of ether oxygens (including phenoxy) is 3. The van der Waals surface area contributed by atoms with Crippen molar-refractivity contribution in [3.05, 3.63) is 35.4 Å². The number of benzene rings is 2. The second-order valence-corrected chi connectivity index (χ2v) is 12.7. The summed E-state index contributed by atoms with van der Waals surface area (Å²) in [6, 6.07) is 8.15. The fourth-order valence-electron chi connectivity index (χ4n) is 5.56. The van der Waals surface area contributed by atoms with E-state index in [4.69, 9.17) is 19.2 Å². The summed E-state index contributed by atoms with van der Waals surface area (Å²) in [5.74, 6) is -0.449. The SMILES string of the molecule is CCc1cc(N2CCOCC2)cc2[s+]c3cc(N4CCN(C(=O)OC(C)(C)C)C(C(=O)OC)C4)cc(CC)c3nc12.[I-]. The maximum atomic E-state index is 12.9. The fourth-order valence-corrected chi connectivity index (χ4v) is 6.70. The standard InChI is InChI=1S/C31H41N4O5S.HI/c1-7-20-15-22(33-11-13-39-14-12-33)17-25-27(20)32-28-21(8-2)16-23(18-26(28)41-25)34-9-10-35(24(19-34)29(36)38-6)30(37)40-31(3,4)5;/h15-18,24H,7-14,19H2,1-6H3;1H/q+1;/p-1. The maximum Gasteiger partial charge on any atom is 0.411 e. The zero-order valence-corrected chi connectivity index (χ0v) is 28.3. The fraction of sp³-hybridized carbons (Fsp3) is 0.548. The van der Waals surface area contributed by atoms with Crippen LogP contribution in [0.15, 0.2) is 24.3 Å². The zero-order valence-electron chi connectivity index (χ0n) is 25.4. The van der Waals surface area contributed by atoms with Gasteiger partial charge in [-0.3, -0.25) is 4.90 Å². The topological polar surface area (TPSA) is 84.4 Å². The lowest BCUT2D eigenvalue weighted by Crippen LogP contribution is -3.00. The third-order valence-electron chi connectivity index (χ3n) is 7.71. The van der Waals surface area contributed by atoms with Gasteiger partial charge in [0.25, 0.3) is 9.40 Å². The van der Waals surface area contributed by atoms with Crippen LogP contribution in [0.2, 0.25) is 0 Å². The van der Waals surface area contributed by atoms with Gasteiger partial charge in [-0.15, -0.1) is 0 Å². The van der Waals surface area contributed by atoms with Crippen LogP contribution in [-0.4, -0.2) is 86.6 Å². The van der Waals surface area contributed by atoms with Gasteiger partial charge in [0, 0.05) is 56.2 Å². The second-order valence-electron chi connectivity index (χ2n) is 11.6. The normalized spacial score (nSPS) is 17.8. The van der Waals surface area contributed by atoms with Gasteiger partial charge in [0.15, 0.2) is 6.04 Å². The first-order chi connectivity index (χ1) is 19.6. The lowest BCUT2D eigenvalue weighted by Gasteiger charge is -2.41. The van der Waals surface area contributed by atoms with E-state index < -0.39 is 23.7 Å². The van der Waals surface area contributed by atoms with Crippen molar-refractivity contribution >= 4 is 55.2 Å². The molecule has 0 aliphatic carbocycles. The van der Waals surface area contributed by atoms with Crippen LogP contribution < -0.4 is 33.8 Å². The molecule has 0 N–H and O–H groups in total. The molecule has 1 atom stereocenters. The second kappa shape index (κ2) is 13.4. The average molecular weight is 709 g/mol. The van der Waals surface area contributed by atoms with Crippen molar-refractivity contribution in [1.29, 1.82) is 0 Å². The number of hydrogen-bond donors (Lipinski definition) is 0. The summed E-state index contributed by atoms with van der Waals surface area (Å²) in [4.78, 5) is 37.0. The molecule has 3 heterocycles. The molecule has 3 aromatic rings. The van der Waals surface area contributed by atoms with Crippen molar-refractivity contribution in [2.75, 3.05) is 62.8 Å². The highest BCUT2D eigenvalue weighted by atomic mass is 127. The highest BCUT2D eigenvalue weighted by Crippen LogP contribution is 2.36. The number of rotatable bonds is 5. The molecule has 0 radical (unpaired) electrons. The quantitative estimate of drug-likeness (QED) is 0.173. The summed E-state index contributed by atoms with van der Waals surface area (Å²) in [5.41, 5.74) is 6.11. The Kier molecular flexibility index (Phi) is 10.4. The minimum atomic E-state index is -0.758. The van der Waals surface area contributed by atoms with Gasteiger partial charge < -0.3 is 48.0 Å². The van der Waals surface area contributed by atoms with Crippen LogP contribution in [-0.2, 0) is 31.8 Å². The van der Waals surface area contributed by atoms with Crippen molar-refractivity contribution in [3.8, 4) is 0 Å². The Bertz CT molecular complexity index is 1460. The molecule has 1 aromatic heterocycles. The summed E-state index contributed by atoms with van der Waals surface area (Å²) >= 11 is 1.77. The molecule has 5 rings (SSSR count). The van der Waals surface area contributed by atoms with E-state index in [0.29, 0.717) is 19.6 Å². The molecule has 2 aliphatic heterocycles. The average Bonchev–Trinajstić information content (AvgIpc) is 2.97. The minimum absolute atomic E-state index is 0. The Balaban J connectivity index is 0.00000405. The predicted octanol–water partition coefficient (Wildman–Crippen LogP) is 2.29. The highest BCUT2D eigenvalue weighted by Gasteiger charge is 2.39. The van der Waals surface area contributed by atoms with E-state index in [1.165, 1.54) is 33.5 Å². The highest BCUT2D eigenvalue weighted by molar-refractivity contribution is 7.24. The molecule has 2 fully saturated rings. The third-order valence-corrected chi connectivity index (χ3v) is 8.77. The van der Waals surface area contributed by atoms with Crippen LogP contribution in [0.1, 0.15) is 45.7 Å². The van der Waals surface area contributed by atoms with Gasteiger partial charge in [0.05, 0.1) is 20.3 Å². The number of hydrogen-bond acceptors (Lipinski definition) is 8. The van der Waals surface area contributed by atoms with Crippen molar-refractivity contribution in [2.45, 2.75) is 59.1 Å². The first kappa shape index (κ1) is 32.4. The van der Waals surface area contributed by atoms with Gasteiger partial charge in [-0.05, 0) is 56.9 Å². The Morgan fingerprint density at radius 1 is 0.929 bits per heavy atom. The van der Waals surface area contributed by atoms with E-state index in [1.807, 2.05) is 20.8 Å². The lowest BCUT2D eigenvalue weighted by molar-refractivity contribution is -0.147. The molecule has 0 bridgehead atoms. The Hall–Kier alpha value is -2.51. The number of aryl methyl sites for hydroxylation is 2. The summed E-state index contributed by atoms with van der Waals surface area (Å²) < 4.78 is 18.5. The third kappa shape index (κ3) is 6.83. The summed E-state index contributed by atoms with van der Waals surface area (Å²) in [6.07, 6.45) is 1.25. The van der Waals surface area contributed by atoms with Crippen LogP contribution in [0.25, 0.3) is 20.4 Å². The molecule has 228 valence electrons. The largest absolute Gasteiger partial charge is 1.00 e. The number of morpholine rings is 1. The maximum absolute atomic E-state index is 12.9. The molecule has 0 spiro atoms. The molecule has 2 saturated heterocycles. The predicted molar refractivity (Wildman–Crippen MR) is 164 cm³/mol.